The summed E-state index contributed by atoms with van der Waals surface area (Å²) in [5.74, 6) is 1.35. The molecule has 0 saturated heterocycles. The molecule has 1 aromatic carbocycles. The first-order valence-corrected chi connectivity index (χ1v) is 5.96. The maximum Gasteiger partial charge on any atom is 0.237 e. The lowest BCUT2D eigenvalue weighted by Gasteiger charge is -2.18. The molecule has 19 heavy (non-hydrogen) atoms. The van der Waals surface area contributed by atoms with Gasteiger partial charge in [-0.05, 0) is 24.7 Å². The fourth-order valence-corrected chi connectivity index (χ4v) is 1.95. The second kappa shape index (κ2) is 6.15. The van der Waals surface area contributed by atoms with Crippen molar-refractivity contribution in [2.24, 2.45) is 0 Å². The van der Waals surface area contributed by atoms with E-state index in [1.54, 1.807) is 26.6 Å². The first-order chi connectivity index (χ1) is 9.30. The van der Waals surface area contributed by atoms with E-state index in [4.69, 9.17) is 9.47 Å². The topological polar surface area (TPSA) is 56.3 Å². The summed E-state index contributed by atoms with van der Waals surface area (Å²) in [5.41, 5.74) is 1.83. The van der Waals surface area contributed by atoms with E-state index in [1.807, 2.05) is 31.3 Å². The Morgan fingerprint density at radius 3 is 2.26 bits per heavy atom. The summed E-state index contributed by atoms with van der Waals surface area (Å²) < 4.78 is 10.4. The largest absolute Gasteiger partial charge is 0.497 e. The SMILES string of the molecule is CNC(c1ccc(OC)cc1)c1nccnc1OC. The maximum atomic E-state index is 5.26. The van der Waals surface area contributed by atoms with E-state index in [0.717, 1.165) is 17.0 Å². The van der Waals surface area contributed by atoms with Gasteiger partial charge in [-0.2, -0.15) is 0 Å². The molecule has 1 heterocycles. The van der Waals surface area contributed by atoms with Crippen molar-refractivity contribution in [1.29, 1.82) is 0 Å². The van der Waals surface area contributed by atoms with Gasteiger partial charge in [0.1, 0.15) is 11.4 Å². The molecule has 5 nitrogen and oxygen atoms in total. The molecule has 1 N–H and O–H groups in total. The molecule has 0 fully saturated rings. The fraction of sp³-hybridized carbons (Fsp3) is 0.286. The van der Waals surface area contributed by atoms with E-state index < -0.39 is 0 Å². The van der Waals surface area contributed by atoms with Gasteiger partial charge in [0, 0.05) is 12.4 Å². The number of nitrogens with one attached hydrogen (secondary N) is 1. The summed E-state index contributed by atoms with van der Waals surface area (Å²) in [6.07, 6.45) is 3.27. The fourth-order valence-electron chi connectivity index (χ4n) is 1.95. The first-order valence-electron chi connectivity index (χ1n) is 5.96. The van der Waals surface area contributed by atoms with E-state index in [2.05, 4.69) is 15.3 Å². The highest BCUT2D eigenvalue weighted by Crippen LogP contribution is 2.27. The average molecular weight is 259 g/mol. The zero-order valence-corrected chi connectivity index (χ0v) is 11.3. The van der Waals surface area contributed by atoms with Crippen LogP contribution in [0.5, 0.6) is 11.6 Å². The number of methoxy groups -OCH3 is 2. The number of hydrogen-bond acceptors (Lipinski definition) is 5. The average Bonchev–Trinajstić information content (AvgIpc) is 2.49. The van der Waals surface area contributed by atoms with Crippen LogP contribution in [0.25, 0.3) is 0 Å². The van der Waals surface area contributed by atoms with E-state index in [9.17, 15) is 0 Å². The van der Waals surface area contributed by atoms with Crippen molar-refractivity contribution in [1.82, 2.24) is 15.3 Å². The molecule has 0 aliphatic rings. The van der Waals surface area contributed by atoms with Crippen LogP contribution in [0.2, 0.25) is 0 Å². The zero-order chi connectivity index (χ0) is 13.7. The van der Waals surface area contributed by atoms with Crippen LogP contribution in [0, 0.1) is 0 Å². The minimum Gasteiger partial charge on any atom is -0.497 e. The third-order valence-electron chi connectivity index (χ3n) is 2.90. The number of ether oxygens (including phenoxy) is 2. The summed E-state index contributed by atoms with van der Waals surface area (Å²) >= 11 is 0. The Hall–Kier alpha value is -2.14. The Kier molecular flexibility index (Phi) is 4.30. The predicted octanol–water partition coefficient (Wildman–Crippen LogP) is 1.80. The van der Waals surface area contributed by atoms with E-state index in [0.29, 0.717) is 5.88 Å². The van der Waals surface area contributed by atoms with Gasteiger partial charge in [0.25, 0.3) is 0 Å². The van der Waals surface area contributed by atoms with E-state index in [1.165, 1.54) is 0 Å². The number of aromatic nitrogens is 2. The molecular weight excluding hydrogens is 242 g/mol. The van der Waals surface area contributed by atoms with Crippen molar-refractivity contribution < 1.29 is 9.47 Å². The van der Waals surface area contributed by atoms with Crippen LogP contribution in [-0.4, -0.2) is 31.2 Å². The maximum absolute atomic E-state index is 5.26. The molecule has 5 heteroatoms. The number of nitrogens with zero attached hydrogens (tertiary/aromatic N) is 2. The normalized spacial score (nSPS) is 11.9. The minimum atomic E-state index is -0.0745. The van der Waals surface area contributed by atoms with Crippen molar-refractivity contribution in [3.8, 4) is 11.6 Å². The highest BCUT2D eigenvalue weighted by Gasteiger charge is 2.18. The van der Waals surface area contributed by atoms with Gasteiger partial charge < -0.3 is 14.8 Å². The van der Waals surface area contributed by atoms with Crippen LogP contribution in [0.15, 0.2) is 36.7 Å². The van der Waals surface area contributed by atoms with Crippen molar-refractivity contribution >= 4 is 0 Å². The van der Waals surface area contributed by atoms with Gasteiger partial charge in [-0.1, -0.05) is 12.1 Å². The van der Waals surface area contributed by atoms with Gasteiger partial charge >= 0.3 is 0 Å². The summed E-state index contributed by atoms with van der Waals surface area (Å²) in [4.78, 5) is 8.53. The zero-order valence-electron chi connectivity index (χ0n) is 11.3. The molecule has 100 valence electrons. The van der Waals surface area contributed by atoms with Crippen LogP contribution in [0.1, 0.15) is 17.3 Å². The Labute approximate surface area is 112 Å². The molecule has 2 aromatic rings. The van der Waals surface area contributed by atoms with Crippen molar-refractivity contribution in [3.05, 3.63) is 47.9 Å². The van der Waals surface area contributed by atoms with E-state index >= 15 is 0 Å². The summed E-state index contributed by atoms with van der Waals surface area (Å²) in [7, 11) is 5.12. The van der Waals surface area contributed by atoms with E-state index in [-0.39, 0.29) is 6.04 Å². The van der Waals surface area contributed by atoms with Crippen LogP contribution in [0.3, 0.4) is 0 Å². The van der Waals surface area contributed by atoms with Gasteiger partial charge in [0.15, 0.2) is 0 Å². The Balaban J connectivity index is 2.37. The standard InChI is InChI=1S/C14H17N3O2/c1-15-12(10-4-6-11(18-2)7-5-10)13-14(19-3)17-9-8-16-13/h4-9,12,15H,1-3H3. The Morgan fingerprint density at radius 2 is 1.68 bits per heavy atom. The van der Waals surface area contributed by atoms with Gasteiger partial charge in [-0.15, -0.1) is 0 Å². The van der Waals surface area contributed by atoms with Crippen molar-refractivity contribution in [2.45, 2.75) is 6.04 Å². The predicted molar refractivity (Wildman–Crippen MR) is 72.5 cm³/mol. The Morgan fingerprint density at radius 1 is 1.00 bits per heavy atom. The Bertz CT molecular complexity index is 528. The molecule has 2 rings (SSSR count). The monoisotopic (exact) mass is 259 g/mol. The molecule has 1 aromatic heterocycles. The highest BCUT2D eigenvalue weighted by atomic mass is 16.5. The van der Waals surface area contributed by atoms with Crippen molar-refractivity contribution in [2.75, 3.05) is 21.3 Å². The number of benzene rings is 1. The summed E-state index contributed by atoms with van der Waals surface area (Å²) in [6, 6.07) is 7.75. The third kappa shape index (κ3) is 2.82. The quantitative estimate of drug-likeness (QED) is 0.887. The molecule has 1 atom stereocenters. The molecule has 0 saturated carbocycles. The second-order valence-corrected chi connectivity index (χ2v) is 3.95. The smallest absolute Gasteiger partial charge is 0.237 e. The lowest BCUT2D eigenvalue weighted by molar-refractivity contribution is 0.384. The van der Waals surface area contributed by atoms with Crippen LogP contribution in [-0.2, 0) is 0 Å². The van der Waals surface area contributed by atoms with Crippen LogP contribution < -0.4 is 14.8 Å². The van der Waals surface area contributed by atoms with Crippen molar-refractivity contribution in [3.63, 3.8) is 0 Å². The second-order valence-electron chi connectivity index (χ2n) is 3.95. The minimum absolute atomic E-state index is 0.0745. The molecule has 0 spiro atoms. The molecule has 1 unspecified atom stereocenters. The molecular formula is C14H17N3O2. The molecule has 0 radical (unpaired) electrons. The van der Waals surface area contributed by atoms with Gasteiger partial charge in [-0.25, -0.2) is 4.98 Å². The summed E-state index contributed by atoms with van der Waals surface area (Å²) in [5, 5.41) is 3.22. The molecule has 0 aliphatic carbocycles. The lowest BCUT2D eigenvalue weighted by atomic mass is 10.0. The van der Waals surface area contributed by atoms with Gasteiger partial charge in [0.05, 0.1) is 20.3 Å². The number of rotatable bonds is 5. The van der Waals surface area contributed by atoms with Gasteiger partial charge in [0.2, 0.25) is 5.88 Å². The molecule has 0 amide bonds. The van der Waals surface area contributed by atoms with Crippen LogP contribution >= 0.6 is 0 Å². The lowest BCUT2D eigenvalue weighted by Crippen LogP contribution is -2.20. The number of hydrogen-bond donors (Lipinski definition) is 1. The first kappa shape index (κ1) is 13.3. The third-order valence-corrected chi connectivity index (χ3v) is 2.90. The molecule has 0 bridgehead atoms. The summed E-state index contributed by atoms with van der Waals surface area (Å²) in [6.45, 7) is 0. The van der Waals surface area contributed by atoms with Crippen LogP contribution in [0.4, 0.5) is 0 Å². The van der Waals surface area contributed by atoms with Gasteiger partial charge in [-0.3, -0.25) is 4.98 Å². The highest BCUT2D eigenvalue weighted by molar-refractivity contribution is 5.36. The molecule has 0 aliphatic heterocycles.